The maximum Gasteiger partial charge on any atom is 0.173 e. The summed E-state index contributed by atoms with van der Waals surface area (Å²) in [5.41, 5.74) is 7.40. The van der Waals surface area contributed by atoms with E-state index in [0.717, 1.165) is 16.1 Å². The van der Waals surface area contributed by atoms with Crippen molar-refractivity contribution < 1.29 is 8.78 Å². The minimum atomic E-state index is -0.913. The zero-order valence-corrected chi connectivity index (χ0v) is 12.4. The normalized spacial score (nSPS) is 12.8. The number of hydrogen-bond donors (Lipinski definition) is 1. The second-order valence-electron chi connectivity index (χ2n) is 3.42. The van der Waals surface area contributed by atoms with Crippen molar-refractivity contribution in [1.29, 1.82) is 0 Å². The Morgan fingerprint density at radius 1 is 1.12 bits per heavy atom. The Hall–Kier alpha value is -0.300. The molecule has 0 fully saturated rings. The van der Waals surface area contributed by atoms with Crippen molar-refractivity contribution in [2.24, 2.45) is 5.73 Å². The lowest BCUT2D eigenvalue weighted by Crippen LogP contribution is -2.13. The number of halogens is 4. The molecule has 0 aliphatic carbocycles. The van der Waals surface area contributed by atoms with Gasteiger partial charge in [-0.25, -0.2) is 8.78 Å². The Labute approximate surface area is 118 Å². The van der Waals surface area contributed by atoms with Crippen molar-refractivity contribution in [2.75, 3.05) is 0 Å². The van der Waals surface area contributed by atoms with Crippen LogP contribution in [0.2, 0.25) is 0 Å². The lowest BCUT2D eigenvalue weighted by atomic mass is 10.0. The summed E-state index contributed by atoms with van der Waals surface area (Å²) in [6.07, 6.45) is 0. The molecular weight excluding hydrogens is 376 g/mol. The molecule has 0 spiro atoms. The van der Waals surface area contributed by atoms with E-state index in [2.05, 4.69) is 31.9 Å². The minimum absolute atomic E-state index is 0.0723. The molecule has 1 aromatic heterocycles. The summed E-state index contributed by atoms with van der Waals surface area (Å²) < 4.78 is 27.3. The van der Waals surface area contributed by atoms with Crippen LogP contribution in [0.4, 0.5) is 8.78 Å². The third kappa shape index (κ3) is 2.45. The lowest BCUT2D eigenvalue weighted by molar-refractivity contribution is 0.501. The Bertz CT molecular complexity index is 556. The van der Waals surface area contributed by atoms with E-state index in [1.807, 2.05) is 10.8 Å². The number of rotatable bonds is 2. The molecule has 0 bridgehead atoms. The van der Waals surface area contributed by atoms with Crippen molar-refractivity contribution in [3.8, 4) is 0 Å². The molecule has 1 atom stereocenters. The summed E-state index contributed by atoms with van der Waals surface area (Å²) >= 11 is 7.90. The van der Waals surface area contributed by atoms with Crippen LogP contribution in [0.1, 0.15) is 17.2 Å². The third-order valence-electron chi connectivity index (χ3n) is 2.38. The van der Waals surface area contributed by atoms with E-state index in [4.69, 9.17) is 5.73 Å². The van der Waals surface area contributed by atoms with Gasteiger partial charge in [0.15, 0.2) is 11.6 Å². The SMILES string of the molecule is NC(c1cscc1Br)c1ccc(F)c(F)c1Br. The van der Waals surface area contributed by atoms with Crippen LogP contribution in [0, 0.1) is 11.6 Å². The molecule has 2 N–H and O–H groups in total. The summed E-state index contributed by atoms with van der Waals surface area (Å²) in [4.78, 5) is 0. The van der Waals surface area contributed by atoms with Crippen LogP contribution in [-0.2, 0) is 0 Å². The molecule has 2 rings (SSSR count). The molecular formula is C11H7Br2F2NS. The zero-order chi connectivity index (χ0) is 12.6. The average molecular weight is 383 g/mol. The molecule has 17 heavy (non-hydrogen) atoms. The first-order valence-electron chi connectivity index (χ1n) is 4.63. The van der Waals surface area contributed by atoms with Gasteiger partial charge in [0, 0.05) is 9.85 Å². The van der Waals surface area contributed by atoms with Gasteiger partial charge in [0.05, 0.1) is 10.5 Å². The molecule has 2 aromatic rings. The van der Waals surface area contributed by atoms with Crippen LogP contribution in [0.15, 0.2) is 31.8 Å². The maximum atomic E-state index is 13.4. The van der Waals surface area contributed by atoms with Crippen molar-refractivity contribution in [3.05, 3.63) is 54.6 Å². The van der Waals surface area contributed by atoms with E-state index in [-0.39, 0.29) is 4.47 Å². The maximum absolute atomic E-state index is 13.4. The van der Waals surface area contributed by atoms with Crippen LogP contribution in [-0.4, -0.2) is 0 Å². The van der Waals surface area contributed by atoms with Gasteiger partial charge in [-0.15, -0.1) is 0 Å². The van der Waals surface area contributed by atoms with E-state index >= 15 is 0 Å². The van der Waals surface area contributed by atoms with Crippen molar-refractivity contribution in [3.63, 3.8) is 0 Å². The Balaban J connectivity index is 2.48. The highest BCUT2D eigenvalue weighted by Gasteiger charge is 2.19. The van der Waals surface area contributed by atoms with Crippen LogP contribution in [0.3, 0.4) is 0 Å². The number of thiophene rings is 1. The highest BCUT2D eigenvalue weighted by Crippen LogP contribution is 2.34. The van der Waals surface area contributed by atoms with Gasteiger partial charge in [-0.05, 0) is 54.4 Å². The van der Waals surface area contributed by atoms with E-state index in [1.54, 1.807) is 0 Å². The largest absolute Gasteiger partial charge is 0.320 e. The zero-order valence-electron chi connectivity index (χ0n) is 8.38. The Morgan fingerprint density at radius 3 is 2.41 bits per heavy atom. The first-order chi connectivity index (χ1) is 8.02. The summed E-state index contributed by atoms with van der Waals surface area (Å²) in [6, 6.07) is 2.06. The third-order valence-corrected chi connectivity index (χ3v) is 4.94. The van der Waals surface area contributed by atoms with Gasteiger partial charge in [-0.1, -0.05) is 6.07 Å². The molecule has 6 heteroatoms. The smallest absolute Gasteiger partial charge is 0.173 e. The van der Waals surface area contributed by atoms with Crippen molar-refractivity contribution in [2.45, 2.75) is 6.04 Å². The monoisotopic (exact) mass is 381 g/mol. The molecule has 0 aliphatic rings. The molecule has 1 nitrogen and oxygen atoms in total. The van der Waals surface area contributed by atoms with Gasteiger partial charge in [0.2, 0.25) is 0 Å². The minimum Gasteiger partial charge on any atom is -0.320 e. The molecule has 0 saturated heterocycles. The standard InChI is InChI=1S/C11H7Br2F2NS/c12-7-4-17-3-6(7)11(16)5-1-2-8(14)10(15)9(5)13/h1-4,11H,16H2. The second kappa shape index (κ2) is 5.14. The van der Waals surface area contributed by atoms with E-state index in [0.29, 0.717) is 5.56 Å². The number of hydrogen-bond acceptors (Lipinski definition) is 2. The van der Waals surface area contributed by atoms with Crippen LogP contribution in [0.5, 0.6) is 0 Å². The summed E-state index contributed by atoms with van der Waals surface area (Å²) in [5, 5.41) is 3.77. The topological polar surface area (TPSA) is 26.0 Å². The van der Waals surface area contributed by atoms with Gasteiger partial charge < -0.3 is 5.73 Å². The van der Waals surface area contributed by atoms with Crippen LogP contribution in [0.25, 0.3) is 0 Å². The van der Waals surface area contributed by atoms with Crippen molar-refractivity contribution >= 4 is 43.2 Å². The predicted molar refractivity (Wildman–Crippen MR) is 72.1 cm³/mol. The van der Waals surface area contributed by atoms with Gasteiger partial charge in [0.25, 0.3) is 0 Å². The number of benzene rings is 1. The van der Waals surface area contributed by atoms with Gasteiger partial charge in [-0.3, -0.25) is 0 Å². The molecule has 1 heterocycles. The predicted octanol–water partition coefficient (Wildman–Crippen LogP) is 4.60. The van der Waals surface area contributed by atoms with E-state index < -0.39 is 17.7 Å². The highest BCUT2D eigenvalue weighted by molar-refractivity contribution is 9.10. The average Bonchev–Trinajstić information content (AvgIpc) is 2.72. The summed E-state index contributed by atoms with van der Waals surface area (Å²) in [5.74, 6) is -1.80. The van der Waals surface area contributed by atoms with Gasteiger partial charge >= 0.3 is 0 Å². The lowest BCUT2D eigenvalue weighted by Gasteiger charge is -2.14. The molecule has 0 radical (unpaired) electrons. The van der Waals surface area contributed by atoms with Crippen LogP contribution >= 0.6 is 43.2 Å². The molecule has 1 unspecified atom stereocenters. The van der Waals surface area contributed by atoms with Crippen molar-refractivity contribution in [1.82, 2.24) is 0 Å². The summed E-state index contributed by atoms with van der Waals surface area (Å²) in [7, 11) is 0. The molecule has 0 saturated carbocycles. The van der Waals surface area contributed by atoms with E-state index in [9.17, 15) is 8.78 Å². The number of nitrogens with two attached hydrogens (primary N) is 1. The summed E-state index contributed by atoms with van der Waals surface area (Å²) in [6.45, 7) is 0. The Kier molecular flexibility index (Phi) is 3.97. The first-order valence-corrected chi connectivity index (χ1v) is 7.15. The van der Waals surface area contributed by atoms with E-state index in [1.165, 1.54) is 17.4 Å². The van der Waals surface area contributed by atoms with Gasteiger partial charge in [0.1, 0.15) is 0 Å². The molecule has 0 amide bonds. The fourth-order valence-electron chi connectivity index (χ4n) is 1.46. The molecule has 0 aliphatic heterocycles. The molecule has 90 valence electrons. The van der Waals surface area contributed by atoms with Crippen LogP contribution < -0.4 is 5.73 Å². The van der Waals surface area contributed by atoms with Gasteiger partial charge in [-0.2, -0.15) is 11.3 Å². The fourth-order valence-corrected chi connectivity index (χ4v) is 3.61. The quantitative estimate of drug-likeness (QED) is 0.754. The Morgan fingerprint density at radius 2 is 1.82 bits per heavy atom. The molecule has 1 aromatic carbocycles. The second-order valence-corrected chi connectivity index (χ2v) is 5.81. The first kappa shape index (κ1) is 13.1. The fraction of sp³-hybridized carbons (Fsp3) is 0.0909. The highest BCUT2D eigenvalue weighted by atomic mass is 79.9.